The van der Waals surface area contributed by atoms with Gasteiger partial charge in [-0.3, -0.25) is 0 Å². The van der Waals surface area contributed by atoms with Crippen LogP contribution >= 0.6 is 0 Å². The van der Waals surface area contributed by atoms with E-state index in [4.69, 9.17) is 0 Å². The topological polar surface area (TPSA) is 89.0 Å². The molecule has 116 valence electrons. The largest absolute Gasteiger partial charge is 0.465 e. The highest BCUT2D eigenvalue weighted by Crippen LogP contribution is 2.15. The SMILES string of the molecule is CCCCNc1cnnc(Nc2ccc(C(=O)OC)cc2)n1. The standard InChI is InChI=1S/C15H19N5O2/c1-3-4-9-16-13-10-17-20-15(19-13)18-12-7-5-11(6-8-12)14(21)22-2/h5-8,10H,3-4,9H2,1-2H3,(H2,16,18,19,20). The first-order valence-corrected chi connectivity index (χ1v) is 7.12. The molecule has 2 aromatic rings. The van der Waals surface area contributed by atoms with Crippen LogP contribution in [0.1, 0.15) is 30.1 Å². The highest BCUT2D eigenvalue weighted by atomic mass is 16.5. The molecular weight excluding hydrogens is 282 g/mol. The summed E-state index contributed by atoms with van der Waals surface area (Å²) in [7, 11) is 1.35. The lowest BCUT2D eigenvalue weighted by Gasteiger charge is -2.07. The number of hydrogen-bond donors (Lipinski definition) is 2. The molecule has 0 fully saturated rings. The smallest absolute Gasteiger partial charge is 0.337 e. The quantitative estimate of drug-likeness (QED) is 0.600. The summed E-state index contributed by atoms with van der Waals surface area (Å²) in [6.45, 7) is 2.98. The third kappa shape index (κ3) is 4.41. The molecule has 0 spiro atoms. The van der Waals surface area contributed by atoms with Crippen LogP contribution in [0, 0.1) is 0 Å². The van der Waals surface area contributed by atoms with Crippen LogP contribution in [0.2, 0.25) is 0 Å². The van der Waals surface area contributed by atoms with E-state index in [1.165, 1.54) is 7.11 Å². The summed E-state index contributed by atoms with van der Waals surface area (Å²) in [5, 5.41) is 14.1. The Bertz CT molecular complexity index is 616. The minimum atomic E-state index is -0.369. The molecule has 1 aromatic carbocycles. The third-order valence-corrected chi connectivity index (χ3v) is 2.96. The van der Waals surface area contributed by atoms with Crippen molar-refractivity contribution in [2.24, 2.45) is 0 Å². The molecule has 7 nitrogen and oxygen atoms in total. The number of hydrogen-bond acceptors (Lipinski definition) is 7. The Kier molecular flexibility index (Phi) is 5.65. The second-order valence-electron chi connectivity index (χ2n) is 4.64. The fraction of sp³-hybridized carbons (Fsp3) is 0.333. The molecule has 0 aliphatic carbocycles. The van der Waals surface area contributed by atoms with E-state index in [0.717, 1.165) is 25.1 Å². The van der Waals surface area contributed by atoms with Crippen molar-refractivity contribution in [3.63, 3.8) is 0 Å². The maximum atomic E-state index is 11.4. The maximum Gasteiger partial charge on any atom is 0.337 e. The van der Waals surface area contributed by atoms with E-state index < -0.39 is 0 Å². The number of rotatable bonds is 7. The number of anilines is 3. The molecule has 0 amide bonds. The van der Waals surface area contributed by atoms with Gasteiger partial charge in [-0.15, -0.1) is 5.10 Å². The highest BCUT2D eigenvalue weighted by Gasteiger charge is 2.05. The first kappa shape index (κ1) is 15.7. The van der Waals surface area contributed by atoms with Crippen molar-refractivity contribution in [3.05, 3.63) is 36.0 Å². The van der Waals surface area contributed by atoms with Crippen LogP contribution in [0.3, 0.4) is 0 Å². The van der Waals surface area contributed by atoms with Gasteiger partial charge in [0.25, 0.3) is 0 Å². The van der Waals surface area contributed by atoms with Crippen molar-refractivity contribution in [2.45, 2.75) is 19.8 Å². The summed E-state index contributed by atoms with van der Waals surface area (Å²) in [6, 6.07) is 6.86. The lowest BCUT2D eigenvalue weighted by Crippen LogP contribution is -2.06. The monoisotopic (exact) mass is 301 g/mol. The number of methoxy groups -OCH3 is 1. The number of nitrogens with one attached hydrogen (secondary N) is 2. The van der Waals surface area contributed by atoms with Gasteiger partial charge >= 0.3 is 5.97 Å². The zero-order chi connectivity index (χ0) is 15.8. The highest BCUT2D eigenvalue weighted by molar-refractivity contribution is 5.89. The number of benzene rings is 1. The van der Waals surface area contributed by atoms with Gasteiger partial charge < -0.3 is 15.4 Å². The molecule has 0 bridgehead atoms. The van der Waals surface area contributed by atoms with Crippen molar-refractivity contribution >= 4 is 23.4 Å². The molecule has 0 radical (unpaired) electrons. The number of carbonyl (C=O) groups is 1. The summed E-state index contributed by atoms with van der Waals surface area (Å²) in [5.74, 6) is 0.705. The molecule has 0 saturated heterocycles. The average molecular weight is 301 g/mol. The van der Waals surface area contributed by atoms with E-state index in [1.54, 1.807) is 30.5 Å². The van der Waals surface area contributed by atoms with E-state index in [2.05, 4.69) is 37.5 Å². The molecule has 7 heteroatoms. The van der Waals surface area contributed by atoms with E-state index in [0.29, 0.717) is 17.3 Å². The van der Waals surface area contributed by atoms with Crippen molar-refractivity contribution in [1.29, 1.82) is 0 Å². The Morgan fingerprint density at radius 3 is 2.73 bits per heavy atom. The van der Waals surface area contributed by atoms with Crippen LogP contribution in [0.25, 0.3) is 0 Å². The van der Waals surface area contributed by atoms with Crippen molar-refractivity contribution in [3.8, 4) is 0 Å². The molecule has 2 rings (SSSR count). The van der Waals surface area contributed by atoms with Crippen molar-refractivity contribution in [1.82, 2.24) is 15.2 Å². The summed E-state index contributed by atoms with van der Waals surface area (Å²) < 4.78 is 4.65. The minimum Gasteiger partial charge on any atom is -0.465 e. The summed E-state index contributed by atoms with van der Waals surface area (Å²) >= 11 is 0. The Balaban J connectivity index is 2.01. The number of aromatic nitrogens is 3. The van der Waals surface area contributed by atoms with Gasteiger partial charge in [-0.05, 0) is 30.7 Å². The van der Waals surface area contributed by atoms with Gasteiger partial charge in [0, 0.05) is 12.2 Å². The molecule has 22 heavy (non-hydrogen) atoms. The number of esters is 1. The zero-order valence-electron chi connectivity index (χ0n) is 12.7. The van der Waals surface area contributed by atoms with Gasteiger partial charge in [0.05, 0.1) is 18.9 Å². The van der Waals surface area contributed by atoms with Crippen LogP contribution in [0.15, 0.2) is 30.5 Å². The second-order valence-corrected chi connectivity index (χ2v) is 4.64. The molecule has 1 aromatic heterocycles. The molecule has 0 unspecified atom stereocenters. The van der Waals surface area contributed by atoms with Crippen LogP contribution in [0.4, 0.5) is 17.5 Å². The first-order chi connectivity index (χ1) is 10.7. The summed E-state index contributed by atoms with van der Waals surface area (Å²) in [6.07, 6.45) is 3.77. The summed E-state index contributed by atoms with van der Waals surface area (Å²) in [4.78, 5) is 15.7. The molecule has 0 aliphatic heterocycles. The molecular formula is C15H19N5O2. The van der Waals surface area contributed by atoms with Gasteiger partial charge in [0.15, 0.2) is 5.82 Å². The Hall–Kier alpha value is -2.70. The molecule has 0 saturated carbocycles. The van der Waals surface area contributed by atoms with E-state index in [-0.39, 0.29) is 5.97 Å². The summed E-state index contributed by atoms with van der Waals surface area (Å²) in [5.41, 5.74) is 1.25. The predicted molar refractivity (Wildman–Crippen MR) is 84.3 cm³/mol. The second kappa shape index (κ2) is 7.92. The molecule has 2 N–H and O–H groups in total. The average Bonchev–Trinajstić information content (AvgIpc) is 2.55. The first-order valence-electron chi connectivity index (χ1n) is 7.12. The van der Waals surface area contributed by atoms with E-state index in [9.17, 15) is 4.79 Å². The number of unbranched alkanes of at least 4 members (excludes halogenated alkanes) is 1. The molecule has 0 aliphatic rings. The third-order valence-electron chi connectivity index (χ3n) is 2.96. The Morgan fingerprint density at radius 2 is 2.05 bits per heavy atom. The fourth-order valence-electron chi connectivity index (χ4n) is 1.77. The Morgan fingerprint density at radius 1 is 1.27 bits per heavy atom. The number of ether oxygens (including phenoxy) is 1. The number of nitrogens with zero attached hydrogens (tertiary/aromatic N) is 3. The van der Waals surface area contributed by atoms with Crippen molar-refractivity contribution in [2.75, 3.05) is 24.3 Å². The minimum absolute atomic E-state index is 0.369. The van der Waals surface area contributed by atoms with E-state index >= 15 is 0 Å². The van der Waals surface area contributed by atoms with Crippen LogP contribution < -0.4 is 10.6 Å². The van der Waals surface area contributed by atoms with Crippen molar-refractivity contribution < 1.29 is 9.53 Å². The van der Waals surface area contributed by atoms with Gasteiger partial charge in [-0.2, -0.15) is 10.1 Å². The molecule has 0 atom stereocenters. The van der Waals surface area contributed by atoms with E-state index in [1.807, 2.05) is 0 Å². The number of carbonyl (C=O) groups excluding carboxylic acids is 1. The lowest BCUT2D eigenvalue weighted by molar-refractivity contribution is 0.0601. The van der Waals surface area contributed by atoms with Gasteiger partial charge in [0.2, 0.25) is 5.95 Å². The van der Waals surface area contributed by atoms with Gasteiger partial charge in [-0.1, -0.05) is 13.3 Å². The molecule has 1 heterocycles. The van der Waals surface area contributed by atoms with Gasteiger partial charge in [-0.25, -0.2) is 4.79 Å². The fourth-order valence-corrected chi connectivity index (χ4v) is 1.77. The lowest BCUT2D eigenvalue weighted by atomic mass is 10.2. The van der Waals surface area contributed by atoms with Crippen LogP contribution in [0.5, 0.6) is 0 Å². The van der Waals surface area contributed by atoms with Gasteiger partial charge in [0.1, 0.15) is 0 Å². The maximum absolute atomic E-state index is 11.4. The van der Waals surface area contributed by atoms with Crippen LogP contribution in [-0.2, 0) is 4.74 Å². The Labute approximate surface area is 129 Å². The predicted octanol–water partition coefficient (Wildman–Crippen LogP) is 2.61. The normalized spacial score (nSPS) is 10.1. The zero-order valence-corrected chi connectivity index (χ0v) is 12.7. The van der Waals surface area contributed by atoms with Crippen LogP contribution in [-0.4, -0.2) is 34.8 Å².